The summed E-state index contributed by atoms with van der Waals surface area (Å²) in [6, 6.07) is 3.46. The van der Waals surface area contributed by atoms with Gasteiger partial charge in [-0.2, -0.15) is 13.2 Å². The highest BCUT2D eigenvalue weighted by molar-refractivity contribution is 7.07. The van der Waals surface area contributed by atoms with Crippen LogP contribution < -0.4 is 10.2 Å². The van der Waals surface area contributed by atoms with Crippen molar-refractivity contribution in [3.05, 3.63) is 34.8 Å². The number of alkyl halides is 3. The number of halogens is 3. The van der Waals surface area contributed by atoms with Crippen LogP contribution in [0.3, 0.4) is 0 Å². The van der Waals surface area contributed by atoms with E-state index in [1.165, 1.54) is 12.3 Å². The molecule has 1 aliphatic rings. The topological polar surface area (TPSA) is 58.1 Å². The summed E-state index contributed by atoms with van der Waals surface area (Å²) in [7, 11) is 0. The van der Waals surface area contributed by atoms with E-state index in [9.17, 15) is 18.0 Å². The Hall–Kier alpha value is -2.16. The van der Waals surface area contributed by atoms with E-state index >= 15 is 0 Å². The highest BCUT2D eigenvalue weighted by atomic mass is 32.1. The summed E-state index contributed by atoms with van der Waals surface area (Å²) >= 11 is 0.892. The van der Waals surface area contributed by atoms with Gasteiger partial charge >= 0.3 is 6.18 Å². The summed E-state index contributed by atoms with van der Waals surface area (Å²) < 4.78 is 42.6. The zero-order chi connectivity index (χ0) is 17.2. The molecule has 24 heavy (non-hydrogen) atoms. The molecule has 5 nitrogen and oxygen atoms in total. The maximum atomic E-state index is 13.0. The number of hydrogen-bond acceptors (Lipinski definition) is 5. The molecule has 0 radical (unpaired) electrons. The van der Waals surface area contributed by atoms with E-state index in [4.69, 9.17) is 0 Å². The Morgan fingerprint density at radius 1 is 1.21 bits per heavy atom. The predicted octanol–water partition coefficient (Wildman–Crippen LogP) is 3.80. The fourth-order valence-corrected chi connectivity index (χ4v) is 3.08. The highest BCUT2D eigenvalue weighted by Gasteiger charge is 2.32. The van der Waals surface area contributed by atoms with Crippen LogP contribution >= 0.6 is 11.5 Å². The molecule has 2 aromatic rings. The molecule has 0 bridgehead atoms. The van der Waals surface area contributed by atoms with Gasteiger partial charge in [-0.25, -0.2) is 0 Å². The third-order valence-electron chi connectivity index (χ3n) is 3.85. The Bertz CT molecular complexity index is 712. The molecule has 9 heteroatoms. The first kappa shape index (κ1) is 16.7. The van der Waals surface area contributed by atoms with E-state index in [-0.39, 0.29) is 10.6 Å². The van der Waals surface area contributed by atoms with Crippen LogP contribution in [-0.2, 0) is 6.18 Å². The van der Waals surface area contributed by atoms with Gasteiger partial charge in [-0.1, -0.05) is 4.49 Å². The number of nitrogens with zero attached hydrogens (tertiary/aromatic N) is 3. The van der Waals surface area contributed by atoms with E-state index in [1.807, 2.05) is 4.90 Å². The van der Waals surface area contributed by atoms with E-state index in [1.54, 1.807) is 0 Å². The molecule has 128 valence electrons. The number of carbonyl (C=O) groups excluding carboxylic acids is 1. The van der Waals surface area contributed by atoms with Crippen molar-refractivity contribution in [2.75, 3.05) is 23.3 Å². The quantitative estimate of drug-likeness (QED) is 0.909. The molecular formula is C15H15F3N4OS. The van der Waals surface area contributed by atoms with Gasteiger partial charge in [-0.3, -0.25) is 4.79 Å². The van der Waals surface area contributed by atoms with Gasteiger partial charge in [-0.15, -0.1) is 5.10 Å². The zero-order valence-corrected chi connectivity index (χ0v) is 13.5. The number of hydrogen-bond donors (Lipinski definition) is 1. The van der Waals surface area contributed by atoms with Gasteiger partial charge in [0.15, 0.2) is 0 Å². The van der Waals surface area contributed by atoms with Crippen LogP contribution in [0.4, 0.5) is 24.5 Å². The Balaban J connectivity index is 1.94. The second-order valence-electron chi connectivity index (χ2n) is 5.51. The van der Waals surface area contributed by atoms with E-state index in [0.717, 1.165) is 56.0 Å². The molecule has 1 amide bonds. The molecule has 1 fully saturated rings. The van der Waals surface area contributed by atoms with Crippen LogP contribution in [0.15, 0.2) is 24.4 Å². The number of rotatable bonds is 3. The molecule has 1 aliphatic heterocycles. The molecule has 1 aromatic heterocycles. The summed E-state index contributed by atoms with van der Waals surface area (Å²) in [6.45, 7) is 1.52. The number of benzene rings is 1. The molecule has 0 atom stereocenters. The molecule has 0 spiro atoms. The lowest BCUT2D eigenvalue weighted by Gasteiger charge is -2.31. The van der Waals surface area contributed by atoms with E-state index < -0.39 is 17.6 Å². The number of anilines is 2. The smallest absolute Gasteiger partial charge is 0.370 e. The van der Waals surface area contributed by atoms with Crippen molar-refractivity contribution in [3.8, 4) is 0 Å². The maximum absolute atomic E-state index is 13.0. The van der Waals surface area contributed by atoms with Crippen LogP contribution in [0.25, 0.3) is 0 Å². The lowest BCUT2D eigenvalue weighted by atomic mass is 10.1. The van der Waals surface area contributed by atoms with Crippen LogP contribution in [0.1, 0.15) is 34.5 Å². The second kappa shape index (κ2) is 6.76. The lowest BCUT2D eigenvalue weighted by Crippen LogP contribution is -2.30. The molecule has 1 aromatic carbocycles. The number of nitrogens with one attached hydrogen (secondary N) is 1. The largest absolute Gasteiger partial charge is 0.416 e. The van der Waals surface area contributed by atoms with Crippen molar-refractivity contribution >= 4 is 28.8 Å². The Labute approximate surface area is 140 Å². The molecule has 1 N–H and O–H groups in total. The number of aromatic nitrogens is 2. The molecule has 3 rings (SSSR count). The lowest BCUT2D eigenvalue weighted by molar-refractivity contribution is -0.137. The van der Waals surface area contributed by atoms with Crippen molar-refractivity contribution in [1.82, 2.24) is 9.59 Å². The summed E-state index contributed by atoms with van der Waals surface area (Å²) in [5, 5.41) is 6.14. The minimum atomic E-state index is -4.47. The first-order chi connectivity index (χ1) is 11.4. The fourth-order valence-electron chi connectivity index (χ4n) is 2.67. The van der Waals surface area contributed by atoms with E-state index in [2.05, 4.69) is 14.9 Å². The van der Waals surface area contributed by atoms with Gasteiger partial charge in [0, 0.05) is 13.1 Å². The van der Waals surface area contributed by atoms with Crippen molar-refractivity contribution in [2.45, 2.75) is 25.4 Å². The minimum Gasteiger partial charge on any atom is -0.370 e. The number of amides is 1. The van der Waals surface area contributed by atoms with Crippen molar-refractivity contribution < 1.29 is 18.0 Å². The normalized spacial score (nSPS) is 15.4. The number of carbonyl (C=O) groups is 1. The molecule has 0 unspecified atom stereocenters. The third-order valence-corrected chi connectivity index (χ3v) is 4.52. The average molecular weight is 356 g/mol. The molecule has 0 saturated carbocycles. The minimum absolute atomic E-state index is 0.158. The van der Waals surface area contributed by atoms with Gasteiger partial charge in [0.05, 0.1) is 23.1 Å². The van der Waals surface area contributed by atoms with Gasteiger partial charge < -0.3 is 10.2 Å². The monoisotopic (exact) mass is 356 g/mol. The van der Waals surface area contributed by atoms with Gasteiger partial charge in [0.2, 0.25) is 0 Å². The average Bonchev–Trinajstić information content (AvgIpc) is 3.09. The number of piperidine rings is 1. The zero-order valence-electron chi connectivity index (χ0n) is 12.6. The summed E-state index contributed by atoms with van der Waals surface area (Å²) in [6.07, 6.45) is -0.119. The standard InChI is InChI=1S/C15H15F3N4OS/c16-15(17,18)10-4-5-12(22-6-2-1-3-7-22)11(8-10)20-14(23)13-9-19-21-24-13/h4-5,8-9H,1-3,6-7H2,(H,20,23). The summed E-state index contributed by atoms with van der Waals surface area (Å²) in [5.74, 6) is -0.511. The Morgan fingerprint density at radius 3 is 2.58 bits per heavy atom. The highest BCUT2D eigenvalue weighted by Crippen LogP contribution is 2.36. The van der Waals surface area contributed by atoms with Crippen molar-refractivity contribution in [3.63, 3.8) is 0 Å². The van der Waals surface area contributed by atoms with Gasteiger partial charge in [0.25, 0.3) is 5.91 Å². The Morgan fingerprint density at radius 2 is 1.96 bits per heavy atom. The van der Waals surface area contributed by atoms with Crippen molar-refractivity contribution in [1.29, 1.82) is 0 Å². The van der Waals surface area contributed by atoms with Crippen LogP contribution in [0.5, 0.6) is 0 Å². The maximum Gasteiger partial charge on any atom is 0.416 e. The van der Waals surface area contributed by atoms with Gasteiger partial charge in [0.1, 0.15) is 4.88 Å². The third kappa shape index (κ3) is 3.66. The van der Waals surface area contributed by atoms with Gasteiger partial charge in [-0.05, 0) is 49.0 Å². The Kier molecular flexibility index (Phi) is 4.70. The van der Waals surface area contributed by atoms with Crippen LogP contribution in [0, 0.1) is 0 Å². The first-order valence-corrected chi connectivity index (χ1v) is 8.27. The molecular weight excluding hydrogens is 341 g/mol. The van der Waals surface area contributed by atoms with Crippen LogP contribution in [-0.4, -0.2) is 28.6 Å². The SMILES string of the molecule is O=C(Nc1cc(C(F)(F)F)ccc1N1CCCCC1)c1cnns1. The molecule has 0 aliphatic carbocycles. The first-order valence-electron chi connectivity index (χ1n) is 7.50. The second-order valence-corrected chi connectivity index (χ2v) is 6.30. The van der Waals surface area contributed by atoms with Crippen LogP contribution in [0.2, 0.25) is 0 Å². The summed E-state index contributed by atoms with van der Waals surface area (Å²) in [4.78, 5) is 14.4. The molecule has 1 saturated heterocycles. The van der Waals surface area contributed by atoms with Crippen molar-refractivity contribution in [2.24, 2.45) is 0 Å². The van der Waals surface area contributed by atoms with E-state index in [0.29, 0.717) is 5.69 Å². The fraction of sp³-hybridized carbons (Fsp3) is 0.400. The predicted molar refractivity (Wildman–Crippen MR) is 85.4 cm³/mol. The molecule has 2 heterocycles. The summed E-state index contributed by atoms with van der Waals surface area (Å²) in [5.41, 5.74) is -0.0281.